The highest BCUT2D eigenvalue weighted by Crippen LogP contribution is 2.12. The quantitative estimate of drug-likeness (QED) is 0.273. The molecule has 0 heterocycles. The molecule has 0 saturated heterocycles. The number of hydrogen-bond acceptors (Lipinski definition) is 3. The van der Waals surface area contributed by atoms with E-state index in [2.05, 4.69) is 20.9 Å². The normalized spacial score (nSPS) is 11.8. The van der Waals surface area contributed by atoms with E-state index in [0.29, 0.717) is 37.8 Å². The molecule has 6 nitrogen and oxygen atoms in total. The zero-order valence-corrected chi connectivity index (χ0v) is 19.0. The third-order valence-electron chi connectivity index (χ3n) is 3.91. The van der Waals surface area contributed by atoms with Crippen molar-refractivity contribution in [1.29, 1.82) is 0 Å². The van der Waals surface area contributed by atoms with Gasteiger partial charge in [0.15, 0.2) is 5.96 Å². The second kappa shape index (κ2) is 13.8. The van der Waals surface area contributed by atoms with Gasteiger partial charge in [-0.05, 0) is 36.8 Å². The van der Waals surface area contributed by atoms with E-state index in [0.717, 1.165) is 5.56 Å². The molecule has 3 N–H and O–H groups in total. The summed E-state index contributed by atoms with van der Waals surface area (Å²) in [5.74, 6) is 0.870. The molecular formula is C21H28FIN4O2. The van der Waals surface area contributed by atoms with Crippen LogP contribution in [0.4, 0.5) is 4.39 Å². The number of halogens is 2. The molecule has 0 aromatic heterocycles. The van der Waals surface area contributed by atoms with Crippen LogP contribution in [0, 0.1) is 5.82 Å². The third-order valence-corrected chi connectivity index (χ3v) is 3.91. The van der Waals surface area contributed by atoms with E-state index in [9.17, 15) is 9.18 Å². The second-order valence-corrected chi connectivity index (χ2v) is 6.27. The Morgan fingerprint density at radius 2 is 1.76 bits per heavy atom. The van der Waals surface area contributed by atoms with Gasteiger partial charge in [0.25, 0.3) is 0 Å². The number of rotatable bonds is 9. The number of hydrogen-bond donors (Lipinski definition) is 3. The van der Waals surface area contributed by atoms with Crippen molar-refractivity contribution < 1.29 is 13.9 Å². The molecule has 0 aliphatic rings. The Balaban J connectivity index is 0.00000420. The first-order valence-electron chi connectivity index (χ1n) is 9.24. The van der Waals surface area contributed by atoms with Crippen LogP contribution < -0.4 is 20.7 Å². The summed E-state index contributed by atoms with van der Waals surface area (Å²) in [5, 5.41) is 9.12. The van der Waals surface area contributed by atoms with E-state index in [1.807, 2.05) is 37.3 Å². The molecule has 8 heteroatoms. The van der Waals surface area contributed by atoms with E-state index in [1.54, 1.807) is 19.2 Å². The van der Waals surface area contributed by atoms with E-state index in [-0.39, 0.29) is 41.8 Å². The molecule has 1 atom stereocenters. The van der Waals surface area contributed by atoms with Gasteiger partial charge in [-0.1, -0.05) is 30.3 Å². The maximum atomic E-state index is 12.9. The average molecular weight is 514 g/mol. The summed E-state index contributed by atoms with van der Waals surface area (Å²) in [6.45, 7) is 3.40. The monoisotopic (exact) mass is 514 g/mol. The first kappa shape index (κ1) is 24.7. The summed E-state index contributed by atoms with van der Waals surface area (Å²) in [6, 6.07) is 15.7. The number of guanidine groups is 1. The Bertz CT molecular complexity index is 757. The lowest BCUT2D eigenvalue weighted by atomic mass is 10.2. The van der Waals surface area contributed by atoms with Crippen molar-refractivity contribution in [3.05, 3.63) is 66.0 Å². The van der Waals surface area contributed by atoms with Crippen molar-refractivity contribution in [2.24, 2.45) is 4.99 Å². The predicted molar refractivity (Wildman–Crippen MR) is 124 cm³/mol. The first-order chi connectivity index (χ1) is 13.6. The molecule has 29 heavy (non-hydrogen) atoms. The average Bonchev–Trinajstić information content (AvgIpc) is 2.71. The van der Waals surface area contributed by atoms with Gasteiger partial charge >= 0.3 is 0 Å². The van der Waals surface area contributed by atoms with Crippen LogP contribution in [0.25, 0.3) is 0 Å². The standard InChI is InChI=1S/C21H27FN4O2.HI/c1-16(28-19-10-8-18(22)9-11-19)14-26-21(23-2)24-13-12-20(27)25-15-17-6-4-3-5-7-17;/h3-11,16H,12-15H2,1-2H3,(H,25,27)(H2,23,24,26);1H. The van der Waals surface area contributed by atoms with Crippen molar-refractivity contribution in [1.82, 2.24) is 16.0 Å². The summed E-state index contributed by atoms with van der Waals surface area (Å²) in [5.41, 5.74) is 1.07. The van der Waals surface area contributed by atoms with E-state index in [4.69, 9.17) is 4.74 Å². The fraction of sp³-hybridized carbons (Fsp3) is 0.333. The molecule has 1 amide bonds. The van der Waals surface area contributed by atoms with E-state index < -0.39 is 0 Å². The molecule has 2 aromatic carbocycles. The van der Waals surface area contributed by atoms with E-state index >= 15 is 0 Å². The molecule has 0 spiro atoms. The number of aliphatic imine (C=N–C) groups is 1. The minimum atomic E-state index is -0.296. The van der Waals surface area contributed by atoms with Crippen molar-refractivity contribution in [2.45, 2.75) is 26.0 Å². The lowest BCUT2D eigenvalue weighted by molar-refractivity contribution is -0.121. The van der Waals surface area contributed by atoms with Crippen LogP contribution in [0.3, 0.4) is 0 Å². The van der Waals surface area contributed by atoms with Gasteiger partial charge in [0.1, 0.15) is 17.7 Å². The number of amides is 1. The van der Waals surface area contributed by atoms with Crippen LogP contribution in [-0.2, 0) is 11.3 Å². The Hall–Kier alpha value is -2.36. The second-order valence-electron chi connectivity index (χ2n) is 6.27. The van der Waals surface area contributed by atoms with Gasteiger partial charge in [0.05, 0.1) is 6.54 Å². The molecule has 0 bridgehead atoms. The zero-order chi connectivity index (χ0) is 20.2. The number of carbonyl (C=O) groups is 1. The molecule has 0 radical (unpaired) electrons. The minimum Gasteiger partial charge on any atom is -0.489 e. The Morgan fingerprint density at radius 1 is 1.07 bits per heavy atom. The van der Waals surface area contributed by atoms with Gasteiger partial charge in [0, 0.05) is 26.6 Å². The van der Waals surface area contributed by atoms with Crippen LogP contribution in [0.2, 0.25) is 0 Å². The summed E-state index contributed by atoms with van der Waals surface area (Å²) < 4.78 is 18.6. The van der Waals surface area contributed by atoms with Crippen LogP contribution >= 0.6 is 24.0 Å². The minimum absolute atomic E-state index is 0. The number of nitrogens with one attached hydrogen (secondary N) is 3. The van der Waals surface area contributed by atoms with Gasteiger partial charge < -0.3 is 20.7 Å². The number of ether oxygens (including phenoxy) is 1. The molecule has 0 aliphatic carbocycles. The Labute approximate surface area is 188 Å². The Kier molecular flexibility index (Phi) is 11.7. The number of benzene rings is 2. The highest BCUT2D eigenvalue weighted by molar-refractivity contribution is 14.0. The molecular weight excluding hydrogens is 486 g/mol. The van der Waals surface area contributed by atoms with Crippen molar-refractivity contribution in [2.75, 3.05) is 20.1 Å². The van der Waals surface area contributed by atoms with Gasteiger partial charge in [-0.25, -0.2) is 4.39 Å². The maximum Gasteiger partial charge on any atom is 0.222 e. The highest BCUT2D eigenvalue weighted by Gasteiger charge is 2.07. The van der Waals surface area contributed by atoms with Gasteiger partial charge in [0.2, 0.25) is 5.91 Å². The summed E-state index contributed by atoms with van der Waals surface area (Å²) in [4.78, 5) is 16.0. The smallest absolute Gasteiger partial charge is 0.222 e. The van der Waals surface area contributed by atoms with Crippen molar-refractivity contribution in [3.8, 4) is 5.75 Å². The third kappa shape index (κ3) is 10.1. The lowest BCUT2D eigenvalue weighted by Gasteiger charge is -2.17. The van der Waals surface area contributed by atoms with Crippen molar-refractivity contribution >= 4 is 35.8 Å². The summed E-state index contributed by atoms with van der Waals surface area (Å²) in [6.07, 6.45) is 0.202. The number of nitrogens with zero attached hydrogens (tertiary/aromatic N) is 1. The highest BCUT2D eigenvalue weighted by atomic mass is 127. The molecule has 0 saturated carbocycles. The summed E-state index contributed by atoms with van der Waals surface area (Å²) in [7, 11) is 1.66. The summed E-state index contributed by atoms with van der Waals surface area (Å²) >= 11 is 0. The topological polar surface area (TPSA) is 74.8 Å². The molecule has 1 unspecified atom stereocenters. The SMILES string of the molecule is CN=C(NCCC(=O)NCc1ccccc1)NCC(C)Oc1ccc(F)cc1.I. The fourth-order valence-corrected chi connectivity index (χ4v) is 2.43. The maximum absolute atomic E-state index is 12.9. The van der Waals surface area contributed by atoms with Crippen LogP contribution in [0.15, 0.2) is 59.6 Å². The van der Waals surface area contributed by atoms with Gasteiger partial charge in [-0.15, -0.1) is 24.0 Å². The molecule has 0 aliphatic heterocycles. The molecule has 158 valence electrons. The van der Waals surface area contributed by atoms with Crippen LogP contribution in [0.1, 0.15) is 18.9 Å². The van der Waals surface area contributed by atoms with E-state index in [1.165, 1.54) is 12.1 Å². The van der Waals surface area contributed by atoms with Crippen molar-refractivity contribution in [3.63, 3.8) is 0 Å². The molecule has 0 fully saturated rings. The number of carbonyl (C=O) groups excluding carboxylic acids is 1. The van der Waals surface area contributed by atoms with Gasteiger partial charge in [-0.2, -0.15) is 0 Å². The first-order valence-corrected chi connectivity index (χ1v) is 9.24. The lowest BCUT2D eigenvalue weighted by Crippen LogP contribution is -2.42. The molecule has 2 aromatic rings. The predicted octanol–water partition coefficient (Wildman–Crippen LogP) is 3.08. The fourth-order valence-electron chi connectivity index (χ4n) is 2.43. The zero-order valence-electron chi connectivity index (χ0n) is 16.7. The largest absolute Gasteiger partial charge is 0.489 e. The van der Waals surface area contributed by atoms with Crippen LogP contribution in [-0.4, -0.2) is 38.1 Å². The Morgan fingerprint density at radius 3 is 2.41 bits per heavy atom. The molecule has 2 rings (SSSR count). The van der Waals surface area contributed by atoms with Crippen LogP contribution in [0.5, 0.6) is 5.75 Å². The van der Waals surface area contributed by atoms with Gasteiger partial charge in [-0.3, -0.25) is 9.79 Å².